The maximum atomic E-state index is 11.2. The van der Waals surface area contributed by atoms with E-state index in [1.165, 1.54) is 0 Å². The Bertz CT molecular complexity index is 654. The fourth-order valence-corrected chi connectivity index (χ4v) is 2.63. The number of nitrogens with one attached hydrogen (secondary N) is 1. The van der Waals surface area contributed by atoms with Gasteiger partial charge in [0.25, 0.3) is 0 Å². The van der Waals surface area contributed by atoms with Crippen molar-refractivity contribution < 1.29 is 9.90 Å². The minimum Gasteiger partial charge on any atom is -0.356 e. The first-order valence-corrected chi connectivity index (χ1v) is 6.72. The smallest absolute Gasteiger partial charge is 0.225 e. The van der Waals surface area contributed by atoms with Crippen molar-refractivity contribution in [2.45, 2.75) is 12.8 Å². The number of amides is 1. The van der Waals surface area contributed by atoms with Crippen LogP contribution in [0.25, 0.3) is 10.9 Å². The van der Waals surface area contributed by atoms with Crippen LogP contribution in [-0.2, 0) is 11.8 Å². The number of fused-ring (bicyclic) bond motifs is 1. The molecule has 1 aromatic heterocycles. The molecule has 1 aliphatic heterocycles. The highest BCUT2D eigenvalue weighted by Crippen LogP contribution is 2.29. The molecule has 1 saturated heterocycles. The zero-order valence-corrected chi connectivity index (χ0v) is 11.9. The van der Waals surface area contributed by atoms with Gasteiger partial charge in [0.05, 0.1) is 5.52 Å². The topological polar surface area (TPSA) is 70.4 Å². The van der Waals surface area contributed by atoms with Gasteiger partial charge in [-0.2, -0.15) is 5.10 Å². The Morgan fingerprint density at radius 2 is 2.32 bits per heavy atom. The number of benzene rings is 1. The standard InChI is InChI=1S/C12H13BrN4O2/c1-16-9-6-7(13)2-3-8(9)11(15-16)17-5-4-10(18)14-12(17)19/h2-3,6,12,19H,4-5H2,1H3,(H,14,18). The number of aliphatic hydroxyl groups excluding tert-OH is 1. The third kappa shape index (κ3) is 2.08. The molecule has 6 nitrogen and oxygen atoms in total. The minimum absolute atomic E-state index is 0.147. The summed E-state index contributed by atoms with van der Waals surface area (Å²) in [5.74, 6) is 0.532. The Hall–Kier alpha value is -1.60. The van der Waals surface area contributed by atoms with Gasteiger partial charge in [-0.25, -0.2) is 0 Å². The molecule has 0 bridgehead atoms. The summed E-state index contributed by atoms with van der Waals surface area (Å²) >= 11 is 3.43. The van der Waals surface area contributed by atoms with Crippen molar-refractivity contribution in [3.63, 3.8) is 0 Å². The molecule has 1 aliphatic rings. The van der Waals surface area contributed by atoms with Crippen molar-refractivity contribution in [2.24, 2.45) is 7.05 Å². The summed E-state index contributed by atoms with van der Waals surface area (Å²) in [4.78, 5) is 12.9. The predicted molar refractivity (Wildman–Crippen MR) is 74.5 cm³/mol. The summed E-state index contributed by atoms with van der Waals surface area (Å²) in [7, 11) is 1.85. The number of carbonyl (C=O) groups is 1. The molecule has 100 valence electrons. The Morgan fingerprint density at radius 1 is 1.53 bits per heavy atom. The first kappa shape index (κ1) is 12.4. The highest BCUT2D eigenvalue weighted by Gasteiger charge is 2.27. The average molecular weight is 325 g/mol. The fraction of sp³-hybridized carbons (Fsp3) is 0.333. The van der Waals surface area contributed by atoms with Gasteiger partial charge < -0.3 is 15.3 Å². The first-order valence-electron chi connectivity index (χ1n) is 5.92. The fourth-order valence-electron chi connectivity index (χ4n) is 2.28. The lowest BCUT2D eigenvalue weighted by Gasteiger charge is -2.32. The molecule has 1 amide bonds. The van der Waals surface area contributed by atoms with Crippen molar-refractivity contribution in [3.05, 3.63) is 22.7 Å². The second kappa shape index (κ2) is 4.50. The number of nitrogens with zero attached hydrogens (tertiary/aromatic N) is 3. The summed E-state index contributed by atoms with van der Waals surface area (Å²) < 4.78 is 2.74. The van der Waals surface area contributed by atoms with Gasteiger partial charge in [0, 0.05) is 29.9 Å². The van der Waals surface area contributed by atoms with Crippen LogP contribution in [0.1, 0.15) is 6.42 Å². The van der Waals surface area contributed by atoms with Crippen molar-refractivity contribution >= 4 is 38.6 Å². The molecule has 2 heterocycles. The summed E-state index contributed by atoms with van der Waals surface area (Å²) in [6, 6.07) is 5.86. The lowest BCUT2D eigenvalue weighted by atomic mass is 10.2. The molecule has 1 fully saturated rings. The van der Waals surface area contributed by atoms with E-state index >= 15 is 0 Å². The number of aryl methyl sites for hydroxylation is 1. The van der Waals surface area contributed by atoms with Gasteiger partial charge in [-0.3, -0.25) is 9.48 Å². The van der Waals surface area contributed by atoms with Gasteiger partial charge in [0.2, 0.25) is 12.3 Å². The molecule has 0 radical (unpaired) electrons. The Morgan fingerprint density at radius 3 is 3.05 bits per heavy atom. The van der Waals surface area contributed by atoms with E-state index in [1.54, 1.807) is 9.58 Å². The minimum atomic E-state index is -1.03. The van der Waals surface area contributed by atoms with Crippen LogP contribution in [0.15, 0.2) is 22.7 Å². The number of hydrogen-bond acceptors (Lipinski definition) is 4. The number of carbonyl (C=O) groups excluding carboxylic acids is 1. The summed E-state index contributed by atoms with van der Waals surface area (Å²) in [6.07, 6.45) is -0.672. The van der Waals surface area contributed by atoms with Crippen LogP contribution < -0.4 is 10.2 Å². The lowest BCUT2D eigenvalue weighted by molar-refractivity contribution is -0.125. The first-order chi connectivity index (χ1) is 9.06. The molecule has 2 aromatic rings. The largest absolute Gasteiger partial charge is 0.356 e. The zero-order valence-electron chi connectivity index (χ0n) is 10.3. The molecule has 2 N–H and O–H groups in total. The van der Waals surface area contributed by atoms with E-state index in [0.717, 1.165) is 15.4 Å². The zero-order chi connectivity index (χ0) is 13.6. The summed E-state index contributed by atoms with van der Waals surface area (Å²) in [5, 5.41) is 17.8. The van der Waals surface area contributed by atoms with Crippen LogP contribution in [0.2, 0.25) is 0 Å². The molecule has 19 heavy (non-hydrogen) atoms. The average Bonchev–Trinajstić information content (AvgIpc) is 2.66. The quantitative estimate of drug-likeness (QED) is 0.819. The maximum Gasteiger partial charge on any atom is 0.225 e. The van der Waals surface area contributed by atoms with Gasteiger partial charge >= 0.3 is 0 Å². The van der Waals surface area contributed by atoms with E-state index in [2.05, 4.69) is 26.3 Å². The molecule has 7 heteroatoms. The Kier molecular flexibility index (Phi) is 2.94. The molecule has 1 unspecified atom stereocenters. The van der Waals surface area contributed by atoms with Crippen LogP contribution in [-0.4, -0.2) is 33.7 Å². The van der Waals surface area contributed by atoms with E-state index < -0.39 is 6.35 Å². The highest BCUT2D eigenvalue weighted by atomic mass is 79.9. The number of halogens is 1. The molecular weight excluding hydrogens is 312 g/mol. The van der Waals surface area contributed by atoms with Gasteiger partial charge in [-0.05, 0) is 18.2 Å². The number of anilines is 1. The molecule has 1 aromatic carbocycles. The summed E-state index contributed by atoms with van der Waals surface area (Å²) in [6.45, 7) is 0.454. The van der Waals surface area contributed by atoms with E-state index in [-0.39, 0.29) is 5.91 Å². The normalized spacial score (nSPS) is 19.8. The third-order valence-corrected chi connectivity index (χ3v) is 3.72. The van der Waals surface area contributed by atoms with Gasteiger partial charge in [-0.15, -0.1) is 0 Å². The number of aliphatic hydroxyl groups is 1. The number of rotatable bonds is 1. The molecule has 1 atom stereocenters. The van der Waals surface area contributed by atoms with E-state index in [9.17, 15) is 9.90 Å². The Balaban J connectivity index is 2.08. The van der Waals surface area contributed by atoms with Gasteiger partial charge in [-0.1, -0.05) is 15.9 Å². The van der Waals surface area contributed by atoms with Crippen LogP contribution >= 0.6 is 15.9 Å². The van der Waals surface area contributed by atoms with Crippen LogP contribution in [0.3, 0.4) is 0 Å². The third-order valence-electron chi connectivity index (χ3n) is 3.23. The van der Waals surface area contributed by atoms with Crippen molar-refractivity contribution in [3.8, 4) is 0 Å². The summed E-state index contributed by atoms with van der Waals surface area (Å²) in [5.41, 5.74) is 0.966. The van der Waals surface area contributed by atoms with Crippen LogP contribution in [0.4, 0.5) is 5.82 Å². The monoisotopic (exact) mass is 324 g/mol. The van der Waals surface area contributed by atoms with Crippen molar-refractivity contribution in [1.82, 2.24) is 15.1 Å². The molecular formula is C12H13BrN4O2. The van der Waals surface area contributed by atoms with E-state index in [1.807, 2.05) is 25.2 Å². The second-order valence-electron chi connectivity index (χ2n) is 4.49. The molecule has 3 rings (SSSR count). The number of aromatic nitrogens is 2. The van der Waals surface area contributed by atoms with E-state index in [4.69, 9.17) is 0 Å². The van der Waals surface area contributed by atoms with Crippen molar-refractivity contribution in [1.29, 1.82) is 0 Å². The SMILES string of the molecule is Cn1nc(N2CCC(=O)NC2O)c2ccc(Br)cc21. The molecule has 0 saturated carbocycles. The van der Waals surface area contributed by atoms with Crippen LogP contribution in [0, 0.1) is 0 Å². The van der Waals surface area contributed by atoms with E-state index in [0.29, 0.717) is 18.8 Å². The van der Waals surface area contributed by atoms with Crippen molar-refractivity contribution in [2.75, 3.05) is 11.4 Å². The second-order valence-corrected chi connectivity index (χ2v) is 5.41. The predicted octanol–water partition coefficient (Wildman–Crippen LogP) is 0.938. The number of hydrogen-bond donors (Lipinski definition) is 2. The Labute approximate surface area is 118 Å². The molecule has 0 spiro atoms. The van der Waals surface area contributed by atoms with Gasteiger partial charge in [0.15, 0.2) is 5.82 Å². The highest BCUT2D eigenvalue weighted by molar-refractivity contribution is 9.10. The molecule has 0 aliphatic carbocycles. The van der Waals surface area contributed by atoms with Crippen LogP contribution in [0.5, 0.6) is 0 Å². The maximum absolute atomic E-state index is 11.2. The van der Waals surface area contributed by atoms with Gasteiger partial charge in [0.1, 0.15) is 0 Å². The lowest BCUT2D eigenvalue weighted by Crippen LogP contribution is -2.54.